The zero-order valence-electron chi connectivity index (χ0n) is 8.96. The third-order valence-corrected chi connectivity index (χ3v) is 7.09. The first kappa shape index (κ1) is 13.1. The number of hydrogen-bond donors (Lipinski definition) is 0. The summed E-state index contributed by atoms with van der Waals surface area (Å²) in [6.07, 6.45) is 1.61. The van der Waals surface area contributed by atoms with Crippen LogP contribution in [-0.4, -0.2) is 22.5 Å². The van der Waals surface area contributed by atoms with Crippen LogP contribution in [0, 0.1) is 0 Å². The summed E-state index contributed by atoms with van der Waals surface area (Å²) in [4.78, 5) is 0. The highest BCUT2D eigenvalue weighted by Crippen LogP contribution is 2.16. The molecule has 0 aromatic carbocycles. The second kappa shape index (κ2) is 5.12. The van der Waals surface area contributed by atoms with Crippen molar-refractivity contribution >= 4 is 18.4 Å². The molecule has 3 nitrogen and oxygen atoms in total. The smallest absolute Gasteiger partial charge is 0.257 e. The van der Waals surface area contributed by atoms with Crippen LogP contribution in [0.15, 0.2) is 0 Å². The van der Waals surface area contributed by atoms with Crippen molar-refractivity contribution in [2.75, 3.05) is 5.75 Å². The van der Waals surface area contributed by atoms with Crippen LogP contribution in [0.1, 0.15) is 26.7 Å². The summed E-state index contributed by atoms with van der Waals surface area (Å²) in [5.74, 6) is 0.146. The lowest BCUT2D eigenvalue weighted by Crippen LogP contribution is -2.33. The lowest BCUT2D eigenvalue weighted by atomic mass is 10.6. The summed E-state index contributed by atoms with van der Waals surface area (Å²) in [6, 6.07) is 0.899. The van der Waals surface area contributed by atoms with E-state index in [-0.39, 0.29) is 5.75 Å². The van der Waals surface area contributed by atoms with Crippen LogP contribution < -0.4 is 0 Å². The standard InChI is InChI=1S/C8H20O3SSi/c1-5-7-12(9,10)11-13(3,4)8-6-2/h5-8H2,1-4H3. The molecular formula is C8H20O3SSi. The van der Waals surface area contributed by atoms with E-state index in [1.165, 1.54) is 0 Å². The highest BCUT2D eigenvalue weighted by molar-refractivity contribution is 7.87. The normalized spacial score (nSPS) is 13.2. The van der Waals surface area contributed by atoms with Crippen LogP contribution in [0.3, 0.4) is 0 Å². The summed E-state index contributed by atoms with van der Waals surface area (Å²) in [6.45, 7) is 7.78. The van der Waals surface area contributed by atoms with E-state index in [4.69, 9.17) is 3.87 Å². The molecule has 0 N–H and O–H groups in total. The molecular weight excluding hydrogens is 204 g/mol. The van der Waals surface area contributed by atoms with E-state index in [1.807, 2.05) is 26.9 Å². The zero-order chi connectivity index (χ0) is 10.5. The van der Waals surface area contributed by atoms with Crippen molar-refractivity contribution in [2.45, 2.75) is 45.8 Å². The fourth-order valence-electron chi connectivity index (χ4n) is 1.28. The van der Waals surface area contributed by atoms with Crippen molar-refractivity contribution in [1.29, 1.82) is 0 Å². The summed E-state index contributed by atoms with van der Waals surface area (Å²) in [5, 5.41) is 0. The van der Waals surface area contributed by atoms with E-state index in [0.29, 0.717) is 6.42 Å². The van der Waals surface area contributed by atoms with Gasteiger partial charge in [0, 0.05) is 0 Å². The predicted octanol–water partition coefficient (Wildman–Crippen LogP) is 2.36. The molecule has 0 spiro atoms. The van der Waals surface area contributed by atoms with E-state index in [0.717, 1.165) is 12.5 Å². The van der Waals surface area contributed by atoms with Gasteiger partial charge in [0.15, 0.2) is 0 Å². The lowest BCUT2D eigenvalue weighted by Gasteiger charge is -2.20. The van der Waals surface area contributed by atoms with Crippen LogP contribution in [0.4, 0.5) is 0 Å². The van der Waals surface area contributed by atoms with Gasteiger partial charge in [-0.2, -0.15) is 0 Å². The first-order chi connectivity index (χ1) is 5.83. The maximum Gasteiger partial charge on any atom is 0.257 e. The van der Waals surface area contributed by atoms with Crippen molar-refractivity contribution in [3.05, 3.63) is 0 Å². The van der Waals surface area contributed by atoms with Crippen LogP contribution >= 0.6 is 0 Å². The number of rotatable bonds is 6. The van der Waals surface area contributed by atoms with E-state index in [9.17, 15) is 8.42 Å². The molecule has 13 heavy (non-hydrogen) atoms. The third kappa shape index (κ3) is 6.23. The van der Waals surface area contributed by atoms with Gasteiger partial charge in [-0.1, -0.05) is 20.3 Å². The highest BCUT2D eigenvalue weighted by Gasteiger charge is 2.27. The van der Waals surface area contributed by atoms with Gasteiger partial charge in [0.2, 0.25) is 8.32 Å². The molecule has 0 aromatic heterocycles. The van der Waals surface area contributed by atoms with E-state index in [1.54, 1.807) is 0 Å². The Morgan fingerprint density at radius 2 is 1.69 bits per heavy atom. The van der Waals surface area contributed by atoms with E-state index >= 15 is 0 Å². The molecule has 0 atom stereocenters. The Morgan fingerprint density at radius 1 is 1.15 bits per heavy atom. The van der Waals surface area contributed by atoms with Gasteiger partial charge in [0.05, 0.1) is 5.75 Å². The second-order valence-corrected chi connectivity index (χ2v) is 10.1. The van der Waals surface area contributed by atoms with Crippen LogP contribution in [-0.2, 0) is 14.0 Å². The van der Waals surface area contributed by atoms with E-state index < -0.39 is 18.4 Å². The summed E-state index contributed by atoms with van der Waals surface area (Å²) in [5.41, 5.74) is 0. The maximum atomic E-state index is 11.3. The Labute approximate surface area is 82.7 Å². The van der Waals surface area contributed by atoms with Crippen molar-refractivity contribution in [1.82, 2.24) is 0 Å². The van der Waals surface area contributed by atoms with Crippen molar-refractivity contribution in [3.63, 3.8) is 0 Å². The second-order valence-electron chi connectivity index (χ2n) is 3.85. The predicted molar refractivity (Wildman–Crippen MR) is 57.7 cm³/mol. The molecule has 0 bridgehead atoms. The molecule has 0 saturated carbocycles. The molecule has 0 heterocycles. The quantitative estimate of drug-likeness (QED) is 0.651. The van der Waals surface area contributed by atoms with Gasteiger partial charge in [-0.05, 0) is 25.6 Å². The topological polar surface area (TPSA) is 43.4 Å². The number of hydrogen-bond acceptors (Lipinski definition) is 3. The van der Waals surface area contributed by atoms with Crippen LogP contribution in [0.2, 0.25) is 19.1 Å². The maximum absolute atomic E-state index is 11.3. The van der Waals surface area contributed by atoms with Gasteiger partial charge in [-0.25, -0.2) is 8.42 Å². The highest BCUT2D eigenvalue weighted by atomic mass is 32.2. The fourth-order valence-corrected chi connectivity index (χ4v) is 6.40. The molecule has 0 aliphatic heterocycles. The molecule has 0 aromatic rings. The minimum Gasteiger partial charge on any atom is -0.315 e. The minimum atomic E-state index is -3.25. The lowest BCUT2D eigenvalue weighted by molar-refractivity contribution is 0.480. The largest absolute Gasteiger partial charge is 0.315 e. The average molecular weight is 224 g/mol. The Hall–Kier alpha value is 0.127. The molecule has 0 aliphatic carbocycles. The molecule has 0 unspecified atom stereocenters. The van der Waals surface area contributed by atoms with Gasteiger partial charge in [-0.15, -0.1) is 0 Å². The van der Waals surface area contributed by atoms with Crippen molar-refractivity contribution in [3.8, 4) is 0 Å². The monoisotopic (exact) mass is 224 g/mol. The van der Waals surface area contributed by atoms with Gasteiger partial charge < -0.3 is 3.87 Å². The molecule has 0 fully saturated rings. The average Bonchev–Trinajstić information content (AvgIpc) is 1.82. The Morgan fingerprint density at radius 3 is 2.08 bits per heavy atom. The summed E-state index contributed by atoms with van der Waals surface area (Å²) in [7, 11) is -5.21. The first-order valence-electron chi connectivity index (χ1n) is 4.76. The molecule has 0 saturated heterocycles. The molecule has 0 aliphatic rings. The first-order valence-corrected chi connectivity index (χ1v) is 9.45. The van der Waals surface area contributed by atoms with Crippen LogP contribution in [0.25, 0.3) is 0 Å². The van der Waals surface area contributed by atoms with Crippen molar-refractivity contribution < 1.29 is 12.3 Å². The van der Waals surface area contributed by atoms with Crippen molar-refractivity contribution in [2.24, 2.45) is 0 Å². The summed E-state index contributed by atoms with van der Waals surface area (Å²) < 4.78 is 27.9. The Balaban J connectivity index is 4.25. The van der Waals surface area contributed by atoms with Gasteiger partial charge >= 0.3 is 0 Å². The molecule has 0 amide bonds. The fraction of sp³-hybridized carbons (Fsp3) is 1.00. The van der Waals surface area contributed by atoms with E-state index in [2.05, 4.69) is 0 Å². The molecule has 0 radical (unpaired) electrons. The van der Waals surface area contributed by atoms with Crippen LogP contribution in [0.5, 0.6) is 0 Å². The molecule has 80 valence electrons. The summed E-state index contributed by atoms with van der Waals surface area (Å²) >= 11 is 0. The minimum absolute atomic E-state index is 0.146. The Kier molecular flexibility index (Phi) is 5.17. The van der Waals surface area contributed by atoms with Gasteiger partial charge in [0.1, 0.15) is 0 Å². The Bertz CT molecular complexity index is 234. The van der Waals surface area contributed by atoms with Gasteiger partial charge in [0.25, 0.3) is 10.1 Å². The molecule has 5 heteroatoms. The SMILES string of the molecule is CCC[Si](C)(C)OS(=O)(=O)CCC. The third-order valence-electron chi connectivity index (χ3n) is 1.66. The zero-order valence-corrected chi connectivity index (χ0v) is 10.8. The van der Waals surface area contributed by atoms with Gasteiger partial charge in [-0.3, -0.25) is 0 Å². The molecule has 0 rings (SSSR count).